The Kier molecular flexibility index (Phi) is 10.1. The van der Waals surface area contributed by atoms with Crippen LogP contribution < -0.4 is 0 Å². The Hall–Kier alpha value is -0.883. The van der Waals surface area contributed by atoms with Crippen LogP contribution in [-0.2, 0) is 9.22 Å². The van der Waals surface area contributed by atoms with Crippen molar-refractivity contribution in [2.24, 2.45) is 11.3 Å². The molecule has 2 atom stereocenters. The number of amides is 1. The van der Waals surface area contributed by atoms with Gasteiger partial charge >= 0.3 is 0 Å². The van der Waals surface area contributed by atoms with Gasteiger partial charge in [-0.3, -0.25) is 4.79 Å². The zero-order valence-corrected chi connectivity index (χ0v) is 26.7. The molecule has 4 rings (SSSR count). The molecule has 1 aromatic rings. The maximum atomic E-state index is 14.7. The van der Waals surface area contributed by atoms with E-state index in [4.69, 9.17) is 16.0 Å². The van der Waals surface area contributed by atoms with Crippen LogP contribution in [0, 0.1) is 11.3 Å². The van der Waals surface area contributed by atoms with Crippen molar-refractivity contribution in [1.82, 2.24) is 9.80 Å². The van der Waals surface area contributed by atoms with Gasteiger partial charge in [-0.15, -0.1) is 0 Å². The van der Waals surface area contributed by atoms with E-state index in [1.54, 1.807) is 0 Å². The number of benzene rings is 1. The lowest BCUT2D eigenvalue weighted by Gasteiger charge is -2.48. The summed E-state index contributed by atoms with van der Waals surface area (Å²) in [5, 5.41) is 0.759. The SMILES string of the molecule is CC(C)[Si](OCCC1(CCN2CCCC2)CCC(c2ccc(Cl)cc2)N(CC2CC2)C1=O)(C(C)C)C(C)C. The number of carbonyl (C=O) groups is 1. The molecule has 1 amide bonds. The first kappa shape index (κ1) is 30.1. The Morgan fingerprint density at radius 3 is 2.11 bits per heavy atom. The summed E-state index contributed by atoms with van der Waals surface area (Å²) in [7, 11) is -1.97. The molecule has 2 aliphatic heterocycles. The van der Waals surface area contributed by atoms with Gasteiger partial charge in [-0.2, -0.15) is 0 Å². The number of piperidine rings is 1. The van der Waals surface area contributed by atoms with Gasteiger partial charge in [-0.25, -0.2) is 0 Å². The van der Waals surface area contributed by atoms with Crippen molar-refractivity contribution in [3.05, 3.63) is 34.9 Å². The molecule has 0 spiro atoms. The predicted octanol–water partition coefficient (Wildman–Crippen LogP) is 8.47. The molecule has 4 nitrogen and oxygen atoms in total. The predicted molar refractivity (Wildman–Crippen MR) is 162 cm³/mol. The molecule has 3 aliphatic rings. The van der Waals surface area contributed by atoms with E-state index in [0.29, 0.717) is 28.4 Å². The monoisotopic (exact) mass is 560 g/mol. The Balaban J connectivity index is 1.58. The van der Waals surface area contributed by atoms with E-state index in [2.05, 4.69) is 63.5 Å². The van der Waals surface area contributed by atoms with Gasteiger partial charge in [0.15, 0.2) is 8.32 Å². The van der Waals surface area contributed by atoms with Crippen molar-refractivity contribution in [2.75, 3.05) is 32.8 Å². The Morgan fingerprint density at radius 1 is 0.947 bits per heavy atom. The minimum absolute atomic E-state index is 0.164. The van der Waals surface area contributed by atoms with Gasteiger partial charge < -0.3 is 14.2 Å². The molecule has 2 heterocycles. The van der Waals surface area contributed by atoms with E-state index >= 15 is 0 Å². The van der Waals surface area contributed by atoms with Crippen LogP contribution in [-0.4, -0.2) is 56.8 Å². The van der Waals surface area contributed by atoms with Crippen molar-refractivity contribution in [3.8, 4) is 0 Å². The van der Waals surface area contributed by atoms with Gasteiger partial charge in [0.25, 0.3) is 0 Å². The van der Waals surface area contributed by atoms with E-state index in [9.17, 15) is 4.79 Å². The summed E-state index contributed by atoms with van der Waals surface area (Å²) in [5.74, 6) is 1.06. The van der Waals surface area contributed by atoms with E-state index in [1.807, 2.05) is 12.1 Å². The quantitative estimate of drug-likeness (QED) is 0.227. The Morgan fingerprint density at radius 2 is 1.55 bits per heavy atom. The lowest BCUT2D eigenvalue weighted by molar-refractivity contribution is -0.153. The minimum atomic E-state index is -1.97. The number of hydrogen-bond acceptors (Lipinski definition) is 3. The van der Waals surface area contributed by atoms with Gasteiger partial charge in [0.1, 0.15) is 0 Å². The highest BCUT2D eigenvalue weighted by molar-refractivity contribution is 6.77. The zero-order valence-electron chi connectivity index (χ0n) is 25.0. The van der Waals surface area contributed by atoms with Gasteiger partial charge in [0.05, 0.1) is 11.5 Å². The molecule has 38 heavy (non-hydrogen) atoms. The summed E-state index contributed by atoms with van der Waals surface area (Å²) in [4.78, 5) is 19.5. The lowest BCUT2D eigenvalue weighted by atomic mass is 9.71. The van der Waals surface area contributed by atoms with Crippen molar-refractivity contribution in [2.45, 2.75) is 116 Å². The third-order valence-corrected chi connectivity index (χ3v) is 16.5. The highest BCUT2D eigenvalue weighted by atomic mass is 35.5. The summed E-state index contributed by atoms with van der Waals surface area (Å²) in [6.45, 7) is 19.2. The number of halogens is 1. The molecule has 0 N–H and O–H groups in total. The van der Waals surface area contributed by atoms with Crippen LogP contribution in [0.3, 0.4) is 0 Å². The summed E-state index contributed by atoms with van der Waals surface area (Å²) < 4.78 is 7.06. The van der Waals surface area contributed by atoms with E-state index < -0.39 is 8.32 Å². The third-order valence-electron chi connectivity index (χ3n) is 10.1. The number of rotatable bonds is 13. The van der Waals surface area contributed by atoms with Gasteiger partial charge in [-0.05, 0) is 111 Å². The molecule has 1 aliphatic carbocycles. The fourth-order valence-corrected chi connectivity index (χ4v) is 13.4. The molecule has 1 aromatic carbocycles. The van der Waals surface area contributed by atoms with Crippen molar-refractivity contribution >= 4 is 25.8 Å². The zero-order chi connectivity index (χ0) is 27.5. The highest BCUT2D eigenvalue weighted by Gasteiger charge is 2.50. The average Bonchev–Trinajstić information content (AvgIpc) is 3.53. The number of likely N-dealkylation sites (tertiary alicyclic amines) is 2. The molecular formula is C32H53ClN2O2Si. The lowest BCUT2D eigenvalue weighted by Crippen LogP contribution is -2.53. The Bertz CT molecular complexity index is 889. The number of hydrogen-bond donors (Lipinski definition) is 0. The first-order chi connectivity index (χ1) is 18.1. The van der Waals surface area contributed by atoms with Crippen LogP contribution in [0.2, 0.25) is 21.6 Å². The van der Waals surface area contributed by atoms with E-state index in [1.165, 1.54) is 44.3 Å². The second-order valence-electron chi connectivity index (χ2n) is 13.5. The first-order valence-corrected chi connectivity index (χ1v) is 18.0. The molecule has 2 saturated heterocycles. The van der Waals surface area contributed by atoms with Crippen LogP contribution in [0.15, 0.2) is 24.3 Å². The smallest absolute Gasteiger partial charge is 0.229 e. The molecule has 1 saturated carbocycles. The maximum absolute atomic E-state index is 14.7. The first-order valence-electron chi connectivity index (χ1n) is 15.5. The maximum Gasteiger partial charge on any atom is 0.229 e. The van der Waals surface area contributed by atoms with Crippen molar-refractivity contribution in [1.29, 1.82) is 0 Å². The molecule has 0 radical (unpaired) electrons. The molecule has 214 valence electrons. The fraction of sp³-hybridized carbons (Fsp3) is 0.781. The number of carbonyl (C=O) groups excluding carboxylic acids is 1. The van der Waals surface area contributed by atoms with Crippen LogP contribution in [0.4, 0.5) is 0 Å². The molecule has 0 aromatic heterocycles. The summed E-state index contributed by atoms with van der Waals surface area (Å²) >= 11 is 6.22. The Labute approximate surface area is 239 Å². The topological polar surface area (TPSA) is 32.8 Å². The van der Waals surface area contributed by atoms with Crippen molar-refractivity contribution < 1.29 is 9.22 Å². The third kappa shape index (κ3) is 6.53. The van der Waals surface area contributed by atoms with Gasteiger partial charge in [0.2, 0.25) is 5.91 Å². The van der Waals surface area contributed by atoms with Crippen LogP contribution >= 0.6 is 11.6 Å². The number of nitrogens with zero attached hydrogens (tertiary/aromatic N) is 2. The van der Waals surface area contributed by atoms with E-state index in [-0.39, 0.29) is 11.5 Å². The summed E-state index contributed by atoms with van der Waals surface area (Å²) in [5.41, 5.74) is 2.60. The van der Waals surface area contributed by atoms with Crippen LogP contribution in [0.1, 0.15) is 105 Å². The summed E-state index contributed by atoms with van der Waals surface area (Å²) in [6.07, 6.45) is 8.90. The average molecular weight is 561 g/mol. The second kappa shape index (κ2) is 12.7. The molecule has 6 heteroatoms. The molecule has 3 fully saturated rings. The second-order valence-corrected chi connectivity index (χ2v) is 19.4. The van der Waals surface area contributed by atoms with E-state index in [0.717, 1.165) is 50.4 Å². The largest absolute Gasteiger partial charge is 0.416 e. The van der Waals surface area contributed by atoms with Crippen LogP contribution in [0.5, 0.6) is 0 Å². The summed E-state index contributed by atoms with van der Waals surface area (Å²) in [6, 6.07) is 8.39. The van der Waals surface area contributed by atoms with Gasteiger partial charge in [0, 0.05) is 18.2 Å². The standard InChI is InChI=1S/C32H53ClN2O2Si/c1-24(2)38(25(3)4,26(5)6)37-22-18-32(17-21-34-19-7-8-20-34)16-15-30(28-11-13-29(33)14-12-28)35(31(32)36)23-27-9-10-27/h11-14,24-27,30H,7-10,15-23H2,1-6H3. The van der Waals surface area contributed by atoms with Crippen molar-refractivity contribution in [3.63, 3.8) is 0 Å². The normalized spacial score (nSPS) is 25.4. The van der Waals surface area contributed by atoms with Crippen LogP contribution in [0.25, 0.3) is 0 Å². The molecule has 2 unspecified atom stereocenters. The highest BCUT2D eigenvalue weighted by Crippen LogP contribution is 2.48. The molecule has 0 bridgehead atoms. The molecular weight excluding hydrogens is 508 g/mol. The fourth-order valence-electron chi connectivity index (χ4n) is 7.83. The minimum Gasteiger partial charge on any atom is -0.416 e. The van der Waals surface area contributed by atoms with Gasteiger partial charge in [-0.1, -0.05) is 65.3 Å².